The Morgan fingerprint density at radius 3 is 2.65 bits per heavy atom. The van der Waals surface area contributed by atoms with Gasteiger partial charge in [-0.05, 0) is 45.3 Å². The molecule has 0 atom stereocenters. The van der Waals surface area contributed by atoms with Crippen molar-refractivity contribution in [1.29, 1.82) is 0 Å². The molecule has 0 aromatic rings. The largest absolute Gasteiger partial charge is 0.389 e. The Morgan fingerprint density at radius 1 is 1.24 bits per heavy atom. The summed E-state index contributed by atoms with van der Waals surface area (Å²) in [5.41, 5.74) is 2.70. The van der Waals surface area contributed by atoms with Crippen LogP contribution in [0.15, 0.2) is 23.4 Å². The van der Waals surface area contributed by atoms with Crippen molar-refractivity contribution in [3.8, 4) is 0 Å². The van der Waals surface area contributed by atoms with Crippen molar-refractivity contribution in [3.63, 3.8) is 0 Å². The van der Waals surface area contributed by atoms with Crippen LogP contribution < -0.4 is 5.32 Å². The van der Waals surface area contributed by atoms with E-state index < -0.39 is 0 Å². The van der Waals surface area contributed by atoms with E-state index in [0.717, 1.165) is 26.0 Å². The highest BCUT2D eigenvalue weighted by atomic mass is 16.5. The third-order valence-corrected chi connectivity index (χ3v) is 2.61. The molecule has 0 bridgehead atoms. The van der Waals surface area contributed by atoms with Crippen molar-refractivity contribution < 1.29 is 9.47 Å². The second-order valence-electron chi connectivity index (χ2n) is 4.52. The quantitative estimate of drug-likeness (QED) is 0.661. The summed E-state index contributed by atoms with van der Waals surface area (Å²) in [5, 5.41) is 3.35. The average molecular weight is 239 g/mol. The third-order valence-electron chi connectivity index (χ3n) is 2.61. The molecule has 0 aromatic carbocycles. The molecule has 0 saturated heterocycles. The Hall–Kier alpha value is -0.800. The van der Waals surface area contributed by atoms with E-state index >= 15 is 0 Å². The van der Waals surface area contributed by atoms with Crippen molar-refractivity contribution in [2.75, 3.05) is 26.4 Å². The van der Waals surface area contributed by atoms with Gasteiger partial charge in [0.15, 0.2) is 0 Å². The maximum absolute atomic E-state index is 5.58. The van der Waals surface area contributed by atoms with E-state index in [1.54, 1.807) is 0 Å². The lowest BCUT2D eigenvalue weighted by Crippen LogP contribution is -2.15. The van der Waals surface area contributed by atoms with Gasteiger partial charge in [-0.2, -0.15) is 0 Å². The molecule has 0 saturated carbocycles. The maximum atomic E-state index is 5.58. The molecule has 3 nitrogen and oxygen atoms in total. The predicted octanol–water partition coefficient (Wildman–Crippen LogP) is 2.64. The monoisotopic (exact) mass is 239 g/mol. The lowest BCUT2D eigenvalue weighted by Gasteiger charge is -2.16. The van der Waals surface area contributed by atoms with Gasteiger partial charge in [0.1, 0.15) is 0 Å². The van der Waals surface area contributed by atoms with Crippen LogP contribution in [0.4, 0.5) is 0 Å². The molecule has 0 fully saturated rings. The van der Waals surface area contributed by atoms with Crippen LogP contribution >= 0.6 is 0 Å². The Kier molecular flexibility index (Phi) is 6.97. The van der Waals surface area contributed by atoms with Crippen molar-refractivity contribution >= 4 is 0 Å². The van der Waals surface area contributed by atoms with E-state index in [2.05, 4.69) is 24.4 Å². The lowest BCUT2D eigenvalue weighted by atomic mass is 10.0. The molecule has 98 valence electrons. The molecule has 1 aliphatic carbocycles. The first-order valence-electron chi connectivity index (χ1n) is 6.54. The number of hydrogen-bond acceptors (Lipinski definition) is 3. The molecule has 3 heteroatoms. The van der Waals surface area contributed by atoms with Gasteiger partial charge in [-0.25, -0.2) is 0 Å². The summed E-state index contributed by atoms with van der Waals surface area (Å²) in [5.74, 6) is 0. The Morgan fingerprint density at radius 2 is 2.06 bits per heavy atom. The minimum atomic E-state index is 0.290. The molecule has 0 heterocycles. The van der Waals surface area contributed by atoms with E-state index in [9.17, 15) is 0 Å². The maximum Gasteiger partial charge on any atom is 0.0705 e. The highest BCUT2D eigenvalue weighted by molar-refractivity contribution is 5.23. The number of allylic oxidation sites excluding steroid dienone is 3. The summed E-state index contributed by atoms with van der Waals surface area (Å²) in [6, 6.07) is 0. The second kappa shape index (κ2) is 8.31. The average Bonchev–Trinajstić information content (AvgIpc) is 2.31. The Labute approximate surface area is 105 Å². The van der Waals surface area contributed by atoms with Gasteiger partial charge in [0.25, 0.3) is 0 Å². The number of hydrogen-bond donors (Lipinski definition) is 1. The fourth-order valence-electron chi connectivity index (χ4n) is 1.72. The second-order valence-corrected chi connectivity index (χ2v) is 4.52. The summed E-state index contributed by atoms with van der Waals surface area (Å²) in [6.07, 6.45) is 6.83. The molecule has 1 N–H and O–H groups in total. The van der Waals surface area contributed by atoms with Crippen LogP contribution in [-0.4, -0.2) is 32.5 Å². The minimum Gasteiger partial charge on any atom is -0.389 e. The topological polar surface area (TPSA) is 30.5 Å². The molecular formula is C14H25NO2. The van der Waals surface area contributed by atoms with Crippen molar-refractivity contribution in [2.45, 2.75) is 39.7 Å². The Balaban J connectivity index is 2.12. The van der Waals surface area contributed by atoms with Gasteiger partial charge in [-0.15, -0.1) is 0 Å². The number of nitrogens with one attached hydrogen (secondary N) is 1. The SMILES string of the molecule is CCNC1=CC=C(COCCOC(C)C)CC1. The molecular weight excluding hydrogens is 214 g/mol. The van der Waals surface area contributed by atoms with Gasteiger partial charge in [0.2, 0.25) is 0 Å². The van der Waals surface area contributed by atoms with Crippen LogP contribution in [0.25, 0.3) is 0 Å². The number of rotatable bonds is 8. The molecule has 1 rings (SSSR count). The van der Waals surface area contributed by atoms with Crippen LogP contribution in [0, 0.1) is 0 Å². The molecule has 0 aliphatic heterocycles. The van der Waals surface area contributed by atoms with E-state index in [1.807, 2.05) is 13.8 Å². The first-order valence-corrected chi connectivity index (χ1v) is 6.54. The summed E-state index contributed by atoms with van der Waals surface area (Å²) in [6.45, 7) is 9.30. The smallest absolute Gasteiger partial charge is 0.0705 e. The van der Waals surface area contributed by atoms with Crippen molar-refractivity contribution in [3.05, 3.63) is 23.4 Å². The Bertz CT molecular complexity index is 269. The van der Waals surface area contributed by atoms with Crippen LogP contribution in [-0.2, 0) is 9.47 Å². The molecule has 0 unspecified atom stereocenters. The van der Waals surface area contributed by atoms with Crippen molar-refractivity contribution in [2.24, 2.45) is 0 Å². The van der Waals surface area contributed by atoms with E-state index in [0.29, 0.717) is 13.2 Å². The fourth-order valence-corrected chi connectivity index (χ4v) is 1.72. The standard InChI is InChI=1S/C14H25NO2/c1-4-15-14-7-5-13(6-8-14)11-16-9-10-17-12(2)3/h5,7,12,15H,4,6,8-11H2,1-3H3. The number of ether oxygens (including phenoxy) is 2. The van der Waals surface area contributed by atoms with Gasteiger partial charge < -0.3 is 14.8 Å². The summed E-state index contributed by atoms with van der Waals surface area (Å²) in [4.78, 5) is 0. The van der Waals surface area contributed by atoms with Crippen LogP contribution in [0.3, 0.4) is 0 Å². The lowest BCUT2D eigenvalue weighted by molar-refractivity contribution is 0.0249. The van der Waals surface area contributed by atoms with Gasteiger partial charge >= 0.3 is 0 Å². The normalized spacial score (nSPS) is 15.8. The van der Waals surface area contributed by atoms with Gasteiger partial charge in [-0.3, -0.25) is 0 Å². The highest BCUT2D eigenvalue weighted by Crippen LogP contribution is 2.16. The zero-order chi connectivity index (χ0) is 12.5. The molecule has 0 amide bonds. The van der Waals surface area contributed by atoms with E-state index in [1.165, 1.54) is 11.3 Å². The molecule has 0 radical (unpaired) electrons. The van der Waals surface area contributed by atoms with Gasteiger partial charge in [0, 0.05) is 12.2 Å². The zero-order valence-electron chi connectivity index (χ0n) is 11.3. The van der Waals surface area contributed by atoms with Gasteiger partial charge in [-0.1, -0.05) is 6.08 Å². The molecule has 0 aromatic heterocycles. The van der Waals surface area contributed by atoms with Crippen LogP contribution in [0.5, 0.6) is 0 Å². The summed E-state index contributed by atoms with van der Waals surface area (Å²) in [7, 11) is 0. The third kappa shape index (κ3) is 6.49. The molecule has 1 aliphatic rings. The van der Waals surface area contributed by atoms with Gasteiger partial charge in [0.05, 0.1) is 25.9 Å². The highest BCUT2D eigenvalue weighted by Gasteiger charge is 2.05. The minimum absolute atomic E-state index is 0.290. The van der Waals surface area contributed by atoms with E-state index in [-0.39, 0.29) is 6.10 Å². The molecule has 0 spiro atoms. The summed E-state index contributed by atoms with van der Waals surface area (Å²) < 4.78 is 11.0. The first-order chi connectivity index (χ1) is 8.22. The molecule has 17 heavy (non-hydrogen) atoms. The van der Waals surface area contributed by atoms with Crippen molar-refractivity contribution in [1.82, 2.24) is 5.32 Å². The van der Waals surface area contributed by atoms with Crippen LogP contribution in [0.2, 0.25) is 0 Å². The fraction of sp³-hybridized carbons (Fsp3) is 0.714. The van der Waals surface area contributed by atoms with Crippen LogP contribution in [0.1, 0.15) is 33.6 Å². The predicted molar refractivity (Wildman–Crippen MR) is 71.0 cm³/mol. The summed E-state index contributed by atoms with van der Waals surface area (Å²) >= 11 is 0. The van der Waals surface area contributed by atoms with E-state index in [4.69, 9.17) is 9.47 Å². The zero-order valence-corrected chi connectivity index (χ0v) is 11.3. The first kappa shape index (κ1) is 14.3.